The maximum atomic E-state index is 12.5. The van der Waals surface area contributed by atoms with Crippen molar-refractivity contribution in [1.29, 1.82) is 0 Å². The predicted octanol–water partition coefficient (Wildman–Crippen LogP) is 3.55. The fourth-order valence-electron chi connectivity index (χ4n) is 3.37. The first-order valence-corrected chi connectivity index (χ1v) is 10.5. The highest BCUT2D eigenvalue weighted by Crippen LogP contribution is 2.23. The molecule has 0 fully saturated rings. The second-order valence-corrected chi connectivity index (χ2v) is 7.87. The third-order valence-corrected chi connectivity index (χ3v) is 5.19. The van der Waals surface area contributed by atoms with Crippen LogP contribution in [0.25, 0.3) is 22.8 Å². The third kappa shape index (κ3) is 5.37. The topological polar surface area (TPSA) is 90.5 Å². The van der Waals surface area contributed by atoms with Crippen molar-refractivity contribution >= 4 is 5.91 Å². The molecule has 2 aromatic heterocycles. The molecular formula is C25H23FN4O4. The van der Waals surface area contributed by atoms with Gasteiger partial charge >= 0.3 is 0 Å². The van der Waals surface area contributed by atoms with E-state index in [2.05, 4.69) is 10.1 Å². The summed E-state index contributed by atoms with van der Waals surface area (Å²) in [6.07, 6.45) is 1.96. The van der Waals surface area contributed by atoms with Gasteiger partial charge in [-0.15, -0.1) is 0 Å². The smallest absolute Gasteiger partial charge is 0.259 e. The zero-order chi connectivity index (χ0) is 24.1. The third-order valence-electron chi connectivity index (χ3n) is 5.19. The van der Waals surface area contributed by atoms with E-state index in [9.17, 15) is 14.0 Å². The Balaban J connectivity index is 1.54. The van der Waals surface area contributed by atoms with Gasteiger partial charge in [-0.25, -0.2) is 4.39 Å². The number of likely N-dealkylation sites (N-methyl/N-ethyl adjacent to an activating group) is 1. The standard InChI is InChI=1S/C25H23FN4O4/c1-29(2)23(32)13-17-4-3-5-18(12-17)14-30-15-20(8-11-22(30)31)25-27-24(28-34-25)19-6-9-21(10-7-19)33-16-26/h3-12,15H,13-14,16H2,1-2H3. The van der Waals surface area contributed by atoms with Crippen LogP contribution in [0.3, 0.4) is 0 Å². The molecule has 4 rings (SSSR count). The summed E-state index contributed by atoms with van der Waals surface area (Å²) in [5.41, 5.74) is 2.87. The molecule has 2 aromatic carbocycles. The number of carbonyl (C=O) groups excluding carboxylic acids is 1. The first-order valence-electron chi connectivity index (χ1n) is 10.5. The number of rotatable bonds is 8. The number of ether oxygens (including phenoxy) is 1. The molecule has 0 aliphatic rings. The fraction of sp³-hybridized carbons (Fsp3) is 0.200. The van der Waals surface area contributed by atoms with Crippen molar-refractivity contribution in [2.75, 3.05) is 21.0 Å². The summed E-state index contributed by atoms with van der Waals surface area (Å²) in [6, 6.07) is 17.3. The first-order chi connectivity index (χ1) is 16.4. The monoisotopic (exact) mass is 462 g/mol. The van der Waals surface area contributed by atoms with Gasteiger partial charge in [0.2, 0.25) is 18.6 Å². The molecule has 0 spiro atoms. The number of hydrogen-bond acceptors (Lipinski definition) is 6. The molecule has 8 nitrogen and oxygen atoms in total. The number of alkyl halides is 1. The minimum Gasteiger partial charge on any atom is -0.463 e. The zero-order valence-corrected chi connectivity index (χ0v) is 18.8. The van der Waals surface area contributed by atoms with E-state index in [4.69, 9.17) is 9.26 Å². The molecule has 174 valence electrons. The quantitative estimate of drug-likeness (QED) is 0.398. The van der Waals surface area contributed by atoms with E-state index in [1.165, 1.54) is 6.07 Å². The van der Waals surface area contributed by atoms with Crippen molar-refractivity contribution in [2.24, 2.45) is 0 Å². The van der Waals surface area contributed by atoms with Crippen LogP contribution in [-0.2, 0) is 17.8 Å². The van der Waals surface area contributed by atoms with Gasteiger partial charge in [-0.2, -0.15) is 4.98 Å². The molecule has 0 aliphatic carbocycles. The van der Waals surface area contributed by atoms with Gasteiger partial charge in [0.05, 0.1) is 18.5 Å². The van der Waals surface area contributed by atoms with Gasteiger partial charge < -0.3 is 18.7 Å². The highest BCUT2D eigenvalue weighted by Gasteiger charge is 2.13. The molecule has 0 aliphatic heterocycles. The second kappa shape index (κ2) is 10.1. The van der Waals surface area contributed by atoms with Crippen molar-refractivity contribution in [1.82, 2.24) is 19.6 Å². The van der Waals surface area contributed by atoms with E-state index < -0.39 is 6.86 Å². The van der Waals surface area contributed by atoms with Crippen LogP contribution in [0.15, 0.2) is 76.2 Å². The average molecular weight is 462 g/mol. The Hall–Kier alpha value is -4.27. The van der Waals surface area contributed by atoms with Crippen molar-refractivity contribution < 1.29 is 18.4 Å². The summed E-state index contributed by atoms with van der Waals surface area (Å²) in [5, 5.41) is 4.00. The average Bonchev–Trinajstić information content (AvgIpc) is 3.32. The largest absolute Gasteiger partial charge is 0.463 e. The number of aromatic nitrogens is 3. The van der Waals surface area contributed by atoms with Crippen LogP contribution < -0.4 is 10.3 Å². The van der Waals surface area contributed by atoms with Gasteiger partial charge in [-0.05, 0) is 41.5 Å². The van der Waals surface area contributed by atoms with Crippen LogP contribution >= 0.6 is 0 Å². The Labute approximate surface area is 195 Å². The Bertz CT molecular complexity index is 1350. The maximum absolute atomic E-state index is 12.5. The summed E-state index contributed by atoms with van der Waals surface area (Å²) in [7, 11) is 3.44. The molecule has 0 saturated heterocycles. The Morgan fingerprint density at radius 2 is 1.79 bits per heavy atom. The molecule has 2 heterocycles. The molecule has 34 heavy (non-hydrogen) atoms. The number of carbonyl (C=O) groups is 1. The van der Waals surface area contributed by atoms with Gasteiger partial charge in [0, 0.05) is 31.9 Å². The SMILES string of the molecule is CN(C)C(=O)Cc1cccc(Cn2cc(-c3nc(-c4ccc(OCF)cc4)no3)ccc2=O)c1. The molecule has 0 unspecified atom stereocenters. The molecule has 0 N–H and O–H groups in total. The van der Waals surface area contributed by atoms with Crippen LogP contribution in [0.1, 0.15) is 11.1 Å². The van der Waals surface area contributed by atoms with E-state index in [1.54, 1.807) is 60.1 Å². The summed E-state index contributed by atoms with van der Waals surface area (Å²) < 4.78 is 24.0. The molecule has 0 bridgehead atoms. The van der Waals surface area contributed by atoms with E-state index >= 15 is 0 Å². The van der Waals surface area contributed by atoms with Gasteiger partial charge in [0.25, 0.3) is 11.4 Å². The van der Waals surface area contributed by atoms with Gasteiger partial charge in [-0.3, -0.25) is 9.59 Å². The number of hydrogen-bond donors (Lipinski definition) is 0. The molecule has 0 radical (unpaired) electrons. The first kappa shape index (κ1) is 22.9. The summed E-state index contributed by atoms with van der Waals surface area (Å²) in [5.74, 6) is 1.03. The summed E-state index contributed by atoms with van der Waals surface area (Å²) in [4.78, 5) is 30.4. The summed E-state index contributed by atoms with van der Waals surface area (Å²) >= 11 is 0. The molecular weight excluding hydrogens is 439 g/mol. The van der Waals surface area contributed by atoms with E-state index in [1.807, 2.05) is 24.3 Å². The van der Waals surface area contributed by atoms with Crippen LogP contribution in [0.4, 0.5) is 4.39 Å². The molecule has 0 atom stereocenters. The number of halogens is 1. The Morgan fingerprint density at radius 3 is 2.53 bits per heavy atom. The minimum absolute atomic E-state index is 0.00749. The Morgan fingerprint density at radius 1 is 1.06 bits per heavy atom. The lowest BCUT2D eigenvalue weighted by Crippen LogP contribution is -2.23. The molecule has 1 amide bonds. The van der Waals surface area contributed by atoms with Crippen molar-refractivity contribution in [3.63, 3.8) is 0 Å². The van der Waals surface area contributed by atoms with E-state index in [0.29, 0.717) is 35.7 Å². The van der Waals surface area contributed by atoms with Crippen LogP contribution in [0.5, 0.6) is 5.75 Å². The molecule has 9 heteroatoms. The second-order valence-electron chi connectivity index (χ2n) is 7.87. The van der Waals surface area contributed by atoms with Crippen LogP contribution in [-0.4, -0.2) is 46.5 Å². The predicted molar refractivity (Wildman–Crippen MR) is 124 cm³/mol. The van der Waals surface area contributed by atoms with Gasteiger partial charge in [0.15, 0.2) is 0 Å². The van der Waals surface area contributed by atoms with E-state index in [-0.39, 0.29) is 17.4 Å². The molecule has 4 aromatic rings. The fourth-order valence-corrected chi connectivity index (χ4v) is 3.37. The maximum Gasteiger partial charge on any atom is 0.259 e. The summed E-state index contributed by atoms with van der Waals surface area (Å²) in [6.45, 7) is -0.576. The number of pyridine rings is 1. The van der Waals surface area contributed by atoms with Crippen LogP contribution in [0.2, 0.25) is 0 Å². The number of nitrogens with zero attached hydrogens (tertiary/aromatic N) is 4. The van der Waals surface area contributed by atoms with Gasteiger partial charge in [0.1, 0.15) is 5.75 Å². The van der Waals surface area contributed by atoms with Crippen molar-refractivity contribution in [3.05, 3.63) is 88.3 Å². The van der Waals surface area contributed by atoms with Crippen LogP contribution in [0, 0.1) is 0 Å². The van der Waals surface area contributed by atoms with Crippen molar-refractivity contribution in [3.8, 4) is 28.6 Å². The lowest BCUT2D eigenvalue weighted by Gasteiger charge is -2.11. The Kier molecular flexibility index (Phi) is 6.82. The normalized spacial score (nSPS) is 10.8. The zero-order valence-electron chi connectivity index (χ0n) is 18.8. The highest BCUT2D eigenvalue weighted by molar-refractivity contribution is 5.78. The number of benzene rings is 2. The number of amides is 1. The lowest BCUT2D eigenvalue weighted by atomic mass is 10.1. The minimum atomic E-state index is -0.903. The highest BCUT2D eigenvalue weighted by atomic mass is 19.1. The lowest BCUT2D eigenvalue weighted by molar-refractivity contribution is -0.127. The van der Waals surface area contributed by atoms with E-state index in [0.717, 1.165) is 11.1 Å². The molecule has 0 saturated carbocycles. The van der Waals surface area contributed by atoms with Crippen molar-refractivity contribution in [2.45, 2.75) is 13.0 Å². The van der Waals surface area contributed by atoms with Gasteiger partial charge in [-0.1, -0.05) is 29.4 Å².